The highest BCUT2D eigenvalue weighted by Crippen LogP contribution is 2.34. The van der Waals surface area contributed by atoms with Crippen molar-refractivity contribution in [2.24, 2.45) is 0 Å². The van der Waals surface area contributed by atoms with Gasteiger partial charge < -0.3 is 0 Å². The minimum atomic E-state index is -3.80. The largest absolute Gasteiger partial charge is 0.276 e. The van der Waals surface area contributed by atoms with Gasteiger partial charge in [0.05, 0.1) is 22.7 Å². The van der Waals surface area contributed by atoms with Crippen LogP contribution in [-0.2, 0) is 16.6 Å². The lowest BCUT2D eigenvalue weighted by Crippen LogP contribution is -2.13. The molecule has 6 rings (SSSR count). The van der Waals surface area contributed by atoms with Gasteiger partial charge in [-0.25, -0.2) is 13.1 Å². The normalized spacial score (nSPS) is 11.6. The smallest absolute Gasteiger partial charge is 0.263 e. The zero-order chi connectivity index (χ0) is 25.2. The number of aromatic nitrogens is 5. The molecule has 0 amide bonds. The van der Waals surface area contributed by atoms with Gasteiger partial charge in [0.15, 0.2) is 5.82 Å². The van der Waals surface area contributed by atoms with Crippen LogP contribution < -0.4 is 4.72 Å². The molecule has 9 heteroatoms. The Hall–Kier alpha value is -4.76. The van der Waals surface area contributed by atoms with Crippen LogP contribution in [0.5, 0.6) is 0 Å². The zero-order valence-corrected chi connectivity index (χ0v) is 20.4. The molecule has 0 fully saturated rings. The number of H-pyrrole nitrogens is 1. The summed E-state index contributed by atoms with van der Waals surface area (Å²) in [7, 11) is -3.80. The first kappa shape index (κ1) is 22.7. The number of anilines is 1. The third-order valence-electron chi connectivity index (χ3n) is 6.08. The minimum absolute atomic E-state index is 0.164. The Labute approximate surface area is 213 Å². The SMILES string of the molecule is O=S(=O)(Nc1n[nH]c2ccc(-c3nnn(Cc4ccccc4)c3-c3ccccc3)cc12)c1ccccc1. The van der Waals surface area contributed by atoms with Crippen molar-refractivity contribution in [3.05, 3.63) is 115 Å². The van der Waals surface area contributed by atoms with Crippen molar-refractivity contribution in [2.45, 2.75) is 11.4 Å². The van der Waals surface area contributed by atoms with Crippen molar-refractivity contribution in [3.63, 3.8) is 0 Å². The van der Waals surface area contributed by atoms with Gasteiger partial charge in [-0.2, -0.15) is 5.10 Å². The second kappa shape index (κ2) is 9.36. The van der Waals surface area contributed by atoms with Crippen molar-refractivity contribution in [1.82, 2.24) is 25.2 Å². The second-order valence-electron chi connectivity index (χ2n) is 8.55. The van der Waals surface area contributed by atoms with Crippen LogP contribution in [0.25, 0.3) is 33.4 Å². The molecule has 4 aromatic carbocycles. The summed E-state index contributed by atoms with van der Waals surface area (Å²) in [6, 6.07) is 34.0. The molecule has 2 heterocycles. The predicted molar refractivity (Wildman–Crippen MR) is 143 cm³/mol. The molecule has 0 saturated carbocycles. The number of nitrogens with zero attached hydrogens (tertiary/aromatic N) is 4. The van der Waals surface area contributed by atoms with Gasteiger partial charge in [-0.3, -0.25) is 9.82 Å². The Morgan fingerprint density at radius 1 is 0.784 bits per heavy atom. The summed E-state index contributed by atoms with van der Waals surface area (Å²) in [6.45, 7) is 0.564. The quantitative estimate of drug-likeness (QED) is 0.304. The molecular weight excluding hydrogens is 484 g/mol. The number of benzene rings is 4. The van der Waals surface area contributed by atoms with Gasteiger partial charge in [-0.1, -0.05) is 90.1 Å². The monoisotopic (exact) mass is 506 g/mol. The van der Waals surface area contributed by atoms with Crippen LogP contribution in [-0.4, -0.2) is 33.6 Å². The van der Waals surface area contributed by atoms with E-state index in [1.54, 1.807) is 30.3 Å². The third kappa shape index (κ3) is 4.48. The van der Waals surface area contributed by atoms with Crippen LogP contribution in [0.2, 0.25) is 0 Å². The maximum Gasteiger partial charge on any atom is 0.263 e. The fraction of sp³-hybridized carbons (Fsp3) is 0.0357. The molecule has 0 spiro atoms. The molecule has 0 radical (unpaired) electrons. The first-order valence-corrected chi connectivity index (χ1v) is 13.2. The summed E-state index contributed by atoms with van der Waals surface area (Å²) in [5.41, 5.74) is 5.16. The molecule has 0 aliphatic carbocycles. The highest BCUT2D eigenvalue weighted by Gasteiger charge is 2.20. The molecule has 8 nitrogen and oxygen atoms in total. The highest BCUT2D eigenvalue weighted by atomic mass is 32.2. The van der Waals surface area contributed by atoms with Crippen LogP contribution in [0.15, 0.2) is 114 Å². The number of rotatable bonds is 7. The Morgan fingerprint density at radius 2 is 1.46 bits per heavy atom. The van der Waals surface area contributed by atoms with Crippen LogP contribution >= 0.6 is 0 Å². The van der Waals surface area contributed by atoms with E-state index in [0.29, 0.717) is 23.1 Å². The van der Waals surface area contributed by atoms with Crippen molar-refractivity contribution in [3.8, 4) is 22.5 Å². The number of hydrogen-bond donors (Lipinski definition) is 2. The van der Waals surface area contributed by atoms with E-state index < -0.39 is 10.0 Å². The van der Waals surface area contributed by atoms with Crippen molar-refractivity contribution in [2.75, 3.05) is 4.72 Å². The molecule has 2 aromatic heterocycles. The lowest BCUT2D eigenvalue weighted by molar-refractivity contribution is 0.601. The van der Waals surface area contributed by atoms with Crippen molar-refractivity contribution >= 4 is 26.7 Å². The number of sulfonamides is 1. The van der Waals surface area contributed by atoms with E-state index in [1.807, 2.05) is 71.4 Å². The molecule has 0 aliphatic rings. The van der Waals surface area contributed by atoms with Gasteiger partial charge in [-0.05, 0) is 29.8 Å². The van der Waals surface area contributed by atoms with Crippen LogP contribution in [0.4, 0.5) is 5.82 Å². The van der Waals surface area contributed by atoms with Gasteiger partial charge in [-0.15, -0.1) is 5.10 Å². The first-order valence-electron chi connectivity index (χ1n) is 11.7. The molecule has 0 aliphatic heterocycles. The van der Waals surface area contributed by atoms with E-state index in [-0.39, 0.29) is 10.7 Å². The summed E-state index contributed by atoms with van der Waals surface area (Å²) < 4.78 is 30.3. The van der Waals surface area contributed by atoms with Gasteiger partial charge in [0, 0.05) is 16.5 Å². The fourth-order valence-corrected chi connectivity index (χ4v) is 5.32. The molecule has 37 heavy (non-hydrogen) atoms. The summed E-state index contributed by atoms with van der Waals surface area (Å²) in [6.07, 6.45) is 0. The zero-order valence-electron chi connectivity index (χ0n) is 19.6. The van der Waals surface area contributed by atoms with E-state index in [1.165, 1.54) is 0 Å². The van der Waals surface area contributed by atoms with Gasteiger partial charge >= 0.3 is 0 Å². The topological polar surface area (TPSA) is 106 Å². The van der Waals surface area contributed by atoms with E-state index in [2.05, 4.69) is 37.4 Å². The molecule has 0 bridgehead atoms. The Kier molecular flexibility index (Phi) is 5.74. The molecule has 182 valence electrons. The number of aromatic amines is 1. The second-order valence-corrected chi connectivity index (χ2v) is 10.2. The standard InChI is InChI=1S/C28H22N6O2S/c35-37(36,23-14-8-3-9-15-23)32-28-24-18-22(16-17-25(24)29-31-28)26-27(21-12-6-2-7-13-21)34(33-30-26)19-20-10-4-1-5-11-20/h1-18H,19H2,(H2,29,31,32). The minimum Gasteiger partial charge on any atom is -0.276 e. The number of hydrogen-bond acceptors (Lipinski definition) is 5. The van der Waals surface area contributed by atoms with E-state index in [4.69, 9.17) is 0 Å². The summed E-state index contributed by atoms with van der Waals surface area (Å²) in [4.78, 5) is 0.164. The van der Waals surface area contributed by atoms with Gasteiger partial charge in [0.2, 0.25) is 0 Å². The van der Waals surface area contributed by atoms with E-state index in [9.17, 15) is 8.42 Å². The van der Waals surface area contributed by atoms with E-state index in [0.717, 1.165) is 22.4 Å². The summed E-state index contributed by atoms with van der Waals surface area (Å²) in [5.74, 6) is 0.221. The van der Waals surface area contributed by atoms with Crippen LogP contribution in [0.3, 0.4) is 0 Å². The lowest BCUT2D eigenvalue weighted by Gasteiger charge is -2.09. The molecule has 6 aromatic rings. The van der Waals surface area contributed by atoms with Gasteiger partial charge in [0.1, 0.15) is 5.69 Å². The molecule has 0 saturated heterocycles. The maximum atomic E-state index is 12.9. The lowest BCUT2D eigenvalue weighted by atomic mass is 10.0. The Bertz CT molecular complexity index is 1780. The Balaban J connectivity index is 1.43. The van der Waals surface area contributed by atoms with Crippen LogP contribution in [0, 0.1) is 0 Å². The van der Waals surface area contributed by atoms with Crippen molar-refractivity contribution < 1.29 is 8.42 Å². The summed E-state index contributed by atoms with van der Waals surface area (Å²) >= 11 is 0. The number of fused-ring (bicyclic) bond motifs is 1. The van der Waals surface area contributed by atoms with Crippen LogP contribution in [0.1, 0.15) is 5.56 Å². The molecule has 2 N–H and O–H groups in total. The highest BCUT2D eigenvalue weighted by molar-refractivity contribution is 7.92. The van der Waals surface area contributed by atoms with Crippen molar-refractivity contribution in [1.29, 1.82) is 0 Å². The van der Waals surface area contributed by atoms with E-state index >= 15 is 0 Å². The first-order chi connectivity index (χ1) is 18.1. The summed E-state index contributed by atoms with van der Waals surface area (Å²) in [5, 5.41) is 16.8. The molecular formula is C28H22N6O2S. The fourth-order valence-electron chi connectivity index (χ4n) is 4.28. The number of nitrogens with one attached hydrogen (secondary N) is 2. The average molecular weight is 507 g/mol. The third-order valence-corrected chi connectivity index (χ3v) is 7.43. The van der Waals surface area contributed by atoms with Gasteiger partial charge in [0.25, 0.3) is 10.0 Å². The molecule has 0 atom stereocenters. The molecule has 0 unspecified atom stereocenters. The Morgan fingerprint density at radius 3 is 2.19 bits per heavy atom. The average Bonchev–Trinajstić information content (AvgIpc) is 3.54. The predicted octanol–water partition coefficient (Wildman–Crippen LogP) is 5.34. The maximum absolute atomic E-state index is 12.9.